The van der Waals surface area contributed by atoms with Crippen molar-refractivity contribution in [3.8, 4) is 5.75 Å². The second-order valence-corrected chi connectivity index (χ2v) is 5.73. The van der Waals surface area contributed by atoms with Gasteiger partial charge in [-0.25, -0.2) is 0 Å². The maximum absolute atomic E-state index is 6.08. The number of hydrogen-bond acceptors (Lipinski definition) is 5. The standard InChI is InChI=1S/C18H30N4O/c1-7-9-14(8-2)20-16-12-15(19)18(23-6)13-17(16)22(5)11-10-21(3)4/h8-9,12-13,20H,2,7,10-11,19H2,1,3-6H3/b14-9+. The number of nitrogens with zero attached hydrogens (tertiary/aromatic N) is 2. The number of nitrogens with one attached hydrogen (secondary N) is 1. The molecule has 0 aliphatic carbocycles. The minimum absolute atomic E-state index is 0.611. The quantitative estimate of drug-likeness (QED) is 0.541. The zero-order valence-electron chi connectivity index (χ0n) is 15.0. The molecule has 0 aliphatic rings. The predicted octanol–water partition coefficient (Wildman–Crippen LogP) is 3.17. The number of rotatable bonds is 9. The molecule has 1 aromatic carbocycles. The second-order valence-electron chi connectivity index (χ2n) is 5.73. The molecule has 23 heavy (non-hydrogen) atoms. The van der Waals surface area contributed by atoms with E-state index in [4.69, 9.17) is 10.5 Å². The lowest BCUT2D eigenvalue weighted by Crippen LogP contribution is -2.29. The lowest BCUT2D eigenvalue weighted by Gasteiger charge is -2.26. The number of likely N-dealkylation sites (N-methyl/N-ethyl adjacent to an activating group) is 2. The molecule has 0 bridgehead atoms. The van der Waals surface area contributed by atoms with Crippen LogP contribution in [-0.2, 0) is 0 Å². The summed E-state index contributed by atoms with van der Waals surface area (Å²) in [5.41, 5.74) is 9.65. The van der Waals surface area contributed by atoms with E-state index in [0.29, 0.717) is 11.4 Å². The fraction of sp³-hybridized carbons (Fsp3) is 0.444. The molecule has 5 nitrogen and oxygen atoms in total. The van der Waals surface area contributed by atoms with Crippen LogP contribution in [0, 0.1) is 0 Å². The molecule has 1 rings (SSSR count). The van der Waals surface area contributed by atoms with E-state index in [0.717, 1.165) is 36.6 Å². The molecule has 0 atom stereocenters. The third-order valence-corrected chi connectivity index (χ3v) is 3.56. The smallest absolute Gasteiger partial charge is 0.143 e. The van der Waals surface area contributed by atoms with Crippen molar-refractivity contribution in [1.82, 2.24) is 4.90 Å². The number of methoxy groups -OCH3 is 1. The first-order chi connectivity index (χ1) is 10.9. The highest BCUT2D eigenvalue weighted by Crippen LogP contribution is 2.35. The molecule has 0 saturated heterocycles. The van der Waals surface area contributed by atoms with E-state index in [-0.39, 0.29) is 0 Å². The number of ether oxygens (including phenoxy) is 1. The maximum Gasteiger partial charge on any atom is 0.143 e. The average Bonchev–Trinajstić information content (AvgIpc) is 2.52. The number of hydrogen-bond donors (Lipinski definition) is 2. The summed E-state index contributed by atoms with van der Waals surface area (Å²) in [6.45, 7) is 7.81. The number of benzene rings is 1. The number of anilines is 3. The predicted molar refractivity (Wildman–Crippen MR) is 101 cm³/mol. The topological polar surface area (TPSA) is 53.8 Å². The SMILES string of the molecule is C=C/C(=C\CC)Nc1cc(N)c(OC)cc1N(C)CCN(C)C. The first-order valence-electron chi connectivity index (χ1n) is 7.85. The van der Waals surface area contributed by atoms with Crippen LogP contribution in [0.1, 0.15) is 13.3 Å². The molecule has 0 saturated carbocycles. The largest absolute Gasteiger partial charge is 0.495 e. The summed E-state index contributed by atoms with van der Waals surface area (Å²) in [6.07, 6.45) is 4.84. The fourth-order valence-electron chi connectivity index (χ4n) is 2.21. The van der Waals surface area contributed by atoms with Gasteiger partial charge in [0.25, 0.3) is 0 Å². The van der Waals surface area contributed by atoms with E-state index < -0.39 is 0 Å². The van der Waals surface area contributed by atoms with Gasteiger partial charge < -0.3 is 25.6 Å². The Morgan fingerprint density at radius 3 is 2.52 bits per heavy atom. The van der Waals surface area contributed by atoms with Crippen LogP contribution in [0.3, 0.4) is 0 Å². The minimum Gasteiger partial charge on any atom is -0.495 e. The highest BCUT2D eigenvalue weighted by Gasteiger charge is 2.13. The van der Waals surface area contributed by atoms with Gasteiger partial charge in [-0.1, -0.05) is 19.6 Å². The Balaban J connectivity index is 3.18. The second kappa shape index (κ2) is 9.10. The summed E-state index contributed by atoms with van der Waals surface area (Å²) in [5.74, 6) is 0.682. The van der Waals surface area contributed by atoms with Gasteiger partial charge in [0.2, 0.25) is 0 Å². The van der Waals surface area contributed by atoms with Crippen LogP contribution >= 0.6 is 0 Å². The normalized spacial score (nSPS) is 11.5. The Morgan fingerprint density at radius 1 is 1.30 bits per heavy atom. The summed E-state index contributed by atoms with van der Waals surface area (Å²) >= 11 is 0. The van der Waals surface area contributed by atoms with Crippen molar-refractivity contribution in [3.05, 3.63) is 36.6 Å². The summed E-state index contributed by atoms with van der Waals surface area (Å²) in [6, 6.07) is 3.88. The summed E-state index contributed by atoms with van der Waals surface area (Å²) in [4.78, 5) is 4.35. The Morgan fingerprint density at radius 2 is 2.00 bits per heavy atom. The van der Waals surface area contributed by atoms with Gasteiger partial charge in [-0.05, 0) is 32.7 Å². The van der Waals surface area contributed by atoms with E-state index in [1.807, 2.05) is 18.2 Å². The highest BCUT2D eigenvalue weighted by molar-refractivity contribution is 5.79. The monoisotopic (exact) mass is 318 g/mol. The maximum atomic E-state index is 6.08. The molecule has 0 aromatic heterocycles. The molecule has 0 amide bonds. The first-order valence-corrected chi connectivity index (χ1v) is 7.85. The van der Waals surface area contributed by atoms with Gasteiger partial charge >= 0.3 is 0 Å². The summed E-state index contributed by atoms with van der Waals surface area (Å²) < 4.78 is 5.37. The molecular weight excluding hydrogens is 288 g/mol. The van der Waals surface area contributed by atoms with E-state index in [2.05, 4.69) is 55.8 Å². The van der Waals surface area contributed by atoms with Crippen LogP contribution in [0.25, 0.3) is 0 Å². The number of nitrogens with two attached hydrogens (primary N) is 1. The van der Waals surface area contributed by atoms with Crippen molar-refractivity contribution in [3.63, 3.8) is 0 Å². The molecule has 0 fully saturated rings. The fourth-order valence-corrected chi connectivity index (χ4v) is 2.21. The van der Waals surface area contributed by atoms with Crippen molar-refractivity contribution in [1.29, 1.82) is 0 Å². The zero-order valence-corrected chi connectivity index (χ0v) is 15.0. The van der Waals surface area contributed by atoms with Crippen molar-refractivity contribution in [2.24, 2.45) is 0 Å². The van der Waals surface area contributed by atoms with Crippen LogP contribution < -0.4 is 20.7 Å². The third-order valence-electron chi connectivity index (χ3n) is 3.56. The van der Waals surface area contributed by atoms with Gasteiger partial charge in [0, 0.05) is 31.9 Å². The number of allylic oxidation sites excluding steroid dienone is 2. The van der Waals surface area contributed by atoms with Gasteiger partial charge in [-0.15, -0.1) is 0 Å². The zero-order chi connectivity index (χ0) is 17.4. The van der Waals surface area contributed by atoms with Crippen LogP contribution in [0.2, 0.25) is 0 Å². The lowest BCUT2D eigenvalue weighted by molar-refractivity contribution is 0.413. The Hall–Kier alpha value is -2.14. The average molecular weight is 318 g/mol. The van der Waals surface area contributed by atoms with Gasteiger partial charge in [0.05, 0.1) is 24.2 Å². The molecule has 3 N–H and O–H groups in total. The molecular formula is C18H30N4O. The Labute approximate surface area is 140 Å². The van der Waals surface area contributed by atoms with Crippen molar-refractivity contribution in [2.45, 2.75) is 13.3 Å². The van der Waals surface area contributed by atoms with Crippen LogP contribution in [0.15, 0.2) is 36.6 Å². The number of nitrogen functional groups attached to an aromatic ring is 1. The van der Waals surface area contributed by atoms with Crippen molar-refractivity contribution < 1.29 is 4.74 Å². The van der Waals surface area contributed by atoms with Crippen molar-refractivity contribution in [2.75, 3.05) is 57.3 Å². The molecule has 0 radical (unpaired) electrons. The third kappa shape index (κ3) is 5.53. The van der Waals surface area contributed by atoms with E-state index in [9.17, 15) is 0 Å². The molecule has 1 aromatic rings. The highest BCUT2D eigenvalue weighted by atomic mass is 16.5. The molecule has 5 heteroatoms. The van der Waals surface area contributed by atoms with E-state index in [1.54, 1.807) is 7.11 Å². The molecule has 0 heterocycles. The minimum atomic E-state index is 0.611. The van der Waals surface area contributed by atoms with Crippen molar-refractivity contribution >= 4 is 17.1 Å². The van der Waals surface area contributed by atoms with Gasteiger partial charge in [0.15, 0.2) is 0 Å². The van der Waals surface area contributed by atoms with Crippen LogP contribution in [0.4, 0.5) is 17.1 Å². The van der Waals surface area contributed by atoms with Crippen LogP contribution in [-0.4, -0.2) is 46.2 Å². The van der Waals surface area contributed by atoms with E-state index >= 15 is 0 Å². The summed E-state index contributed by atoms with van der Waals surface area (Å²) in [5, 5.41) is 3.41. The van der Waals surface area contributed by atoms with Gasteiger partial charge in [-0.2, -0.15) is 0 Å². The van der Waals surface area contributed by atoms with E-state index in [1.165, 1.54) is 0 Å². The molecule has 0 aliphatic heterocycles. The Bertz CT molecular complexity index is 552. The molecule has 128 valence electrons. The summed E-state index contributed by atoms with van der Waals surface area (Å²) in [7, 11) is 7.83. The Kier molecular flexibility index (Phi) is 7.48. The van der Waals surface area contributed by atoms with Gasteiger partial charge in [-0.3, -0.25) is 0 Å². The first kappa shape index (κ1) is 18.9. The van der Waals surface area contributed by atoms with Gasteiger partial charge in [0.1, 0.15) is 5.75 Å². The lowest BCUT2D eigenvalue weighted by atomic mass is 10.2. The molecule has 0 spiro atoms. The van der Waals surface area contributed by atoms with Crippen LogP contribution in [0.5, 0.6) is 5.75 Å². The molecule has 0 unspecified atom stereocenters.